The number of hydrogen-bond acceptors (Lipinski definition) is 4. The molecule has 108 valence electrons. The summed E-state index contributed by atoms with van der Waals surface area (Å²) in [5.74, 6) is 1.92. The fourth-order valence-electron chi connectivity index (χ4n) is 1.93. The fraction of sp³-hybridized carbons (Fsp3) is 0.600. The zero-order chi connectivity index (χ0) is 14.4. The highest BCUT2D eigenvalue weighted by Crippen LogP contribution is 2.28. The summed E-state index contributed by atoms with van der Waals surface area (Å²) < 4.78 is 10.4. The molecule has 0 aliphatic rings. The quantitative estimate of drug-likeness (QED) is 0.796. The maximum Gasteiger partial charge on any atom is 0.122 e. The van der Waals surface area contributed by atoms with Crippen molar-refractivity contribution in [1.29, 1.82) is 0 Å². The van der Waals surface area contributed by atoms with E-state index in [0.717, 1.165) is 12.0 Å². The van der Waals surface area contributed by atoms with Crippen LogP contribution < -0.4 is 15.2 Å². The van der Waals surface area contributed by atoms with Gasteiger partial charge in [0.25, 0.3) is 0 Å². The second kappa shape index (κ2) is 7.36. The van der Waals surface area contributed by atoms with E-state index in [1.807, 2.05) is 12.1 Å². The van der Waals surface area contributed by atoms with Crippen LogP contribution in [0.2, 0.25) is 0 Å². The lowest BCUT2D eigenvalue weighted by Gasteiger charge is -2.21. The molecule has 1 aromatic carbocycles. The summed E-state index contributed by atoms with van der Waals surface area (Å²) in [5, 5.41) is 10.1. The van der Waals surface area contributed by atoms with Crippen molar-refractivity contribution in [2.75, 3.05) is 14.2 Å². The van der Waals surface area contributed by atoms with Gasteiger partial charge >= 0.3 is 0 Å². The van der Waals surface area contributed by atoms with E-state index in [1.54, 1.807) is 20.3 Å². The average molecular weight is 267 g/mol. The van der Waals surface area contributed by atoms with Crippen molar-refractivity contribution in [3.05, 3.63) is 23.8 Å². The average Bonchev–Trinajstić information content (AvgIpc) is 2.42. The highest BCUT2D eigenvalue weighted by atomic mass is 16.5. The van der Waals surface area contributed by atoms with Crippen molar-refractivity contribution in [1.82, 2.24) is 0 Å². The lowest BCUT2D eigenvalue weighted by Crippen LogP contribution is -2.26. The van der Waals surface area contributed by atoms with Gasteiger partial charge in [-0.15, -0.1) is 0 Å². The number of aliphatic hydroxyl groups is 1. The lowest BCUT2D eigenvalue weighted by atomic mass is 9.96. The molecule has 2 atom stereocenters. The monoisotopic (exact) mass is 267 g/mol. The number of methoxy groups -OCH3 is 2. The van der Waals surface area contributed by atoms with Crippen molar-refractivity contribution in [2.24, 2.45) is 11.7 Å². The molecule has 19 heavy (non-hydrogen) atoms. The molecule has 4 nitrogen and oxygen atoms in total. The van der Waals surface area contributed by atoms with Crippen molar-refractivity contribution in [3.8, 4) is 11.5 Å². The van der Waals surface area contributed by atoms with Gasteiger partial charge in [0.15, 0.2) is 0 Å². The molecular weight excluding hydrogens is 242 g/mol. The molecule has 0 bridgehead atoms. The zero-order valence-electron chi connectivity index (χ0n) is 12.2. The molecule has 0 aliphatic carbocycles. The van der Waals surface area contributed by atoms with Crippen molar-refractivity contribution in [2.45, 2.75) is 38.8 Å². The summed E-state index contributed by atoms with van der Waals surface area (Å²) in [6.07, 6.45) is 1.09. The normalized spacial score (nSPS) is 14.3. The minimum atomic E-state index is -0.556. The molecule has 0 fully saturated rings. The molecule has 1 rings (SSSR count). The Hall–Kier alpha value is -1.26. The second-order valence-electron chi connectivity index (χ2n) is 5.21. The summed E-state index contributed by atoms with van der Waals surface area (Å²) in [6, 6.07) is 5.04. The van der Waals surface area contributed by atoms with Crippen LogP contribution in [0.25, 0.3) is 0 Å². The Kier molecular flexibility index (Phi) is 6.12. The van der Waals surface area contributed by atoms with Gasteiger partial charge in [0, 0.05) is 6.07 Å². The van der Waals surface area contributed by atoms with Crippen LogP contribution in [0.3, 0.4) is 0 Å². The third kappa shape index (κ3) is 4.73. The van der Waals surface area contributed by atoms with Crippen LogP contribution in [-0.2, 0) is 0 Å². The van der Waals surface area contributed by atoms with Crippen LogP contribution in [0.1, 0.15) is 38.3 Å². The molecule has 3 N–H and O–H groups in total. The molecule has 0 spiro atoms. The number of ether oxygens (including phenoxy) is 2. The fourth-order valence-corrected chi connectivity index (χ4v) is 1.93. The first-order chi connectivity index (χ1) is 8.97. The van der Waals surface area contributed by atoms with E-state index in [9.17, 15) is 5.11 Å². The minimum absolute atomic E-state index is 0.428. The van der Waals surface area contributed by atoms with Crippen molar-refractivity contribution in [3.63, 3.8) is 0 Å². The van der Waals surface area contributed by atoms with Gasteiger partial charge in [0.2, 0.25) is 0 Å². The topological polar surface area (TPSA) is 64.7 Å². The molecular formula is C15H25NO3. The summed E-state index contributed by atoms with van der Waals surface area (Å²) >= 11 is 0. The molecule has 0 saturated heterocycles. The number of nitrogens with two attached hydrogens (primary N) is 1. The van der Waals surface area contributed by atoms with E-state index in [-0.39, 0.29) is 0 Å². The summed E-state index contributed by atoms with van der Waals surface area (Å²) in [7, 11) is 3.19. The molecule has 0 aromatic heterocycles. The van der Waals surface area contributed by atoms with Crippen LogP contribution in [0.15, 0.2) is 18.2 Å². The van der Waals surface area contributed by atoms with Gasteiger partial charge in [0.1, 0.15) is 11.5 Å². The molecule has 4 heteroatoms. The Balaban J connectivity index is 2.82. The number of rotatable bonds is 7. The predicted molar refractivity (Wildman–Crippen MR) is 76.6 cm³/mol. The maximum absolute atomic E-state index is 10.1. The third-order valence-electron chi connectivity index (χ3n) is 3.21. The molecule has 0 amide bonds. The van der Waals surface area contributed by atoms with Crippen LogP contribution in [0, 0.1) is 5.92 Å². The minimum Gasteiger partial charge on any atom is -0.497 e. The highest BCUT2D eigenvalue weighted by molar-refractivity contribution is 5.40. The van der Waals surface area contributed by atoms with E-state index in [4.69, 9.17) is 15.2 Å². The summed E-state index contributed by atoms with van der Waals surface area (Å²) in [6.45, 7) is 4.26. The van der Waals surface area contributed by atoms with Crippen LogP contribution in [0.5, 0.6) is 11.5 Å². The van der Waals surface area contributed by atoms with E-state index in [0.29, 0.717) is 23.8 Å². The standard InChI is InChI=1S/C15H25NO3/c1-10(2)5-6-14(17)15(16)11-7-12(18-3)9-13(8-11)19-4/h7-10,14-15,17H,5-6,16H2,1-4H3/t14-,15+/m1/s1. The lowest BCUT2D eigenvalue weighted by molar-refractivity contribution is 0.128. The van der Waals surface area contributed by atoms with Gasteiger partial charge in [-0.2, -0.15) is 0 Å². The molecule has 0 radical (unpaired) electrons. The van der Waals surface area contributed by atoms with Gasteiger partial charge in [-0.25, -0.2) is 0 Å². The number of hydrogen-bond donors (Lipinski definition) is 2. The Morgan fingerprint density at radius 2 is 1.58 bits per heavy atom. The van der Waals surface area contributed by atoms with Crippen LogP contribution >= 0.6 is 0 Å². The predicted octanol–water partition coefficient (Wildman–Crippen LogP) is 2.50. The number of benzene rings is 1. The first-order valence-electron chi connectivity index (χ1n) is 6.64. The van der Waals surface area contributed by atoms with E-state index >= 15 is 0 Å². The van der Waals surface area contributed by atoms with Crippen molar-refractivity contribution >= 4 is 0 Å². The molecule has 0 heterocycles. The molecule has 1 aromatic rings. The Bertz CT molecular complexity index is 371. The zero-order valence-corrected chi connectivity index (χ0v) is 12.2. The smallest absolute Gasteiger partial charge is 0.122 e. The SMILES string of the molecule is COc1cc(OC)cc([C@H](N)[C@H](O)CCC(C)C)c1. The molecule has 0 aliphatic heterocycles. The highest BCUT2D eigenvalue weighted by Gasteiger charge is 2.18. The van der Waals surface area contributed by atoms with Crippen LogP contribution in [-0.4, -0.2) is 25.4 Å². The summed E-state index contributed by atoms with van der Waals surface area (Å²) in [5.41, 5.74) is 6.94. The maximum atomic E-state index is 10.1. The Labute approximate surface area is 115 Å². The van der Waals surface area contributed by atoms with Gasteiger partial charge in [0.05, 0.1) is 26.4 Å². The third-order valence-corrected chi connectivity index (χ3v) is 3.21. The van der Waals surface area contributed by atoms with Gasteiger partial charge in [-0.3, -0.25) is 0 Å². The largest absolute Gasteiger partial charge is 0.497 e. The van der Waals surface area contributed by atoms with E-state index < -0.39 is 12.1 Å². The van der Waals surface area contributed by atoms with E-state index in [1.165, 1.54) is 0 Å². The Morgan fingerprint density at radius 1 is 1.05 bits per heavy atom. The van der Waals surface area contributed by atoms with Gasteiger partial charge in [-0.1, -0.05) is 13.8 Å². The summed E-state index contributed by atoms with van der Waals surface area (Å²) in [4.78, 5) is 0. The van der Waals surface area contributed by atoms with Crippen LogP contribution in [0.4, 0.5) is 0 Å². The number of aliphatic hydroxyl groups excluding tert-OH is 1. The van der Waals surface area contributed by atoms with Gasteiger partial charge < -0.3 is 20.3 Å². The Morgan fingerprint density at radius 3 is 2.00 bits per heavy atom. The van der Waals surface area contributed by atoms with E-state index in [2.05, 4.69) is 13.8 Å². The molecule has 0 saturated carbocycles. The van der Waals surface area contributed by atoms with Gasteiger partial charge in [-0.05, 0) is 36.5 Å². The second-order valence-corrected chi connectivity index (χ2v) is 5.21. The molecule has 0 unspecified atom stereocenters. The van der Waals surface area contributed by atoms with Crippen molar-refractivity contribution < 1.29 is 14.6 Å². The first-order valence-corrected chi connectivity index (χ1v) is 6.64. The first kappa shape index (κ1) is 15.8.